The molecule has 1 aliphatic heterocycles. The van der Waals surface area contributed by atoms with E-state index in [2.05, 4.69) is 0 Å². The second kappa shape index (κ2) is 3.78. The van der Waals surface area contributed by atoms with Gasteiger partial charge in [0.1, 0.15) is 0 Å². The van der Waals surface area contributed by atoms with Crippen LogP contribution in [-0.2, 0) is 4.74 Å². The predicted molar refractivity (Wildman–Crippen MR) is 52.8 cm³/mol. The fourth-order valence-corrected chi connectivity index (χ4v) is 2.54. The van der Waals surface area contributed by atoms with Crippen molar-refractivity contribution in [2.75, 3.05) is 6.61 Å². The van der Waals surface area contributed by atoms with E-state index in [1.165, 1.54) is 0 Å². The van der Waals surface area contributed by atoms with Crippen molar-refractivity contribution in [3.05, 3.63) is 22.4 Å². The Morgan fingerprint density at radius 1 is 1.69 bits per heavy atom. The number of ether oxygens (including phenoxy) is 1. The van der Waals surface area contributed by atoms with Gasteiger partial charge in [0.25, 0.3) is 0 Å². The molecule has 1 aliphatic rings. The zero-order chi connectivity index (χ0) is 9.26. The molecule has 3 unspecified atom stereocenters. The molecule has 1 aromatic heterocycles. The highest BCUT2D eigenvalue weighted by Gasteiger charge is 2.31. The Bertz CT molecular complexity index is 258. The van der Waals surface area contributed by atoms with Crippen LogP contribution in [0.1, 0.15) is 25.0 Å². The lowest BCUT2D eigenvalue weighted by Crippen LogP contribution is -2.19. The molecule has 0 spiro atoms. The molecule has 0 aromatic carbocycles. The summed E-state index contributed by atoms with van der Waals surface area (Å²) in [7, 11) is 0. The SMILES string of the molecule is CC1OCCC1C(O)c1ccsc1. The van der Waals surface area contributed by atoms with Gasteiger partial charge in [0, 0.05) is 12.5 Å². The van der Waals surface area contributed by atoms with E-state index < -0.39 is 0 Å². The van der Waals surface area contributed by atoms with Gasteiger partial charge in [0.15, 0.2) is 0 Å². The van der Waals surface area contributed by atoms with Crippen LogP contribution in [0, 0.1) is 5.92 Å². The number of hydrogen-bond donors (Lipinski definition) is 1. The first-order chi connectivity index (χ1) is 6.29. The van der Waals surface area contributed by atoms with Crippen LogP contribution in [0.5, 0.6) is 0 Å². The molecule has 2 nitrogen and oxygen atoms in total. The van der Waals surface area contributed by atoms with Crippen LogP contribution in [-0.4, -0.2) is 17.8 Å². The third-order valence-electron chi connectivity index (χ3n) is 2.73. The quantitative estimate of drug-likeness (QED) is 0.789. The molecule has 2 rings (SSSR count). The van der Waals surface area contributed by atoms with E-state index in [4.69, 9.17) is 4.74 Å². The van der Waals surface area contributed by atoms with E-state index in [-0.39, 0.29) is 18.1 Å². The average Bonchev–Trinajstić information content (AvgIpc) is 2.72. The maximum Gasteiger partial charge on any atom is 0.0851 e. The van der Waals surface area contributed by atoms with Crippen LogP contribution in [0.3, 0.4) is 0 Å². The fraction of sp³-hybridized carbons (Fsp3) is 0.600. The molecule has 0 amide bonds. The normalized spacial score (nSPS) is 30.6. The van der Waals surface area contributed by atoms with Gasteiger partial charge in [0.2, 0.25) is 0 Å². The minimum atomic E-state index is -0.344. The number of aliphatic hydroxyl groups excluding tert-OH is 1. The molecule has 3 atom stereocenters. The number of rotatable bonds is 2. The highest BCUT2D eigenvalue weighted by atomic mass is 32.1. The van der Waals surface area contributed by atoms with Gasteiger partial charge in [-0.2, -0.15) is 11.3 Å². The lowest BCUT2D eigenvalue weighted by Gasteiger charge is -2.19. The lowest BCUT2D eigenvalue weighted by atomic mass is 9.92. The molecule has 0 radical (unpaired) electrons. The van der Waals surface area contributed by atoms with Crippen molar-refractivity contribution in [1.29, 1.82) is 0 Å². The van der Waals surface area contributed by atoms with E-state index in [9.17, 15) is 5.11 Å². The maximum atomic E-state index is 10.0. The largest absolute Gasteiger partial charge is 0.388 e. The zero-order valence-corrected chi connectivity index (χ0v) is 8.46. The number of aliphatic hydroxyl groups is 1. The van der Waals surface area contributed by atoms with E-state index >= 15 is 0 Å². The summed E-state index contributed by atoms with van der Waals surface area (Å²) >= 11 is 1.63. The minimum Gasteiger partial charge on any atom is -0.388 e. The van der Waals surface area contributed by atoms with E-state index in [0.717, 1.165) is 18.6 Å². The second-order valence-electron chi connectivity index (χ2n) is 3.53. The Morgan fingerprint density at radius 2 is 2.54 bits per heavy atom. The van der Waals surface area contributed by atoms with Gasteiger partial charge < -0.3 is 9.84 Å². The Morgan fingerprint density at radius 3 is 3.08 bits per heavy atom. The predicted octanol–water partition coefficient (Wildman–Crippen LogP) is 2.21. The van der Waals surface area contributed by atoms with Crippen molar-refractivity contribution in [3.63, 3.8) is 0 Å². The summed E-state index contributed by atoms with van der Waals surface area (Å²) < 4.78 is 5.43. The highest BCUT2D eigenvalue weighted by Crippen LogP contribution is 2.33. The second-order valence-corrected chi connectivity index (χ2v) is 4.31. The van der Waals surface area contributed by atoms with Gasteiger partial charge in [0.05, 0.1) is 12.2 Å². The summed E-state index contributed by atoms with van der Waals surface area (Å²) in [4.78, 5) is 0. The maximum absolute atomic E-state index is 10.0. The topological polar surface area (TPSA) is 29.5 Å². The number of thiophene rings is 1. The molecule has 1 aromatic rings. The van der Waals surface area contributed by atoms with E-state index in [0.29, 0.717) is 0 Å². The Hall–Kier alpha value is -0.380. The summed E-state index contributed by atoms with van der Waals surface area (Å²) in [6, 6.07) is 1.99. The van der Waals surface area contributed by atoms with Crippen LogP contribution in [0.2, 0.25) is 0 Å². The monoisotopic (exact) mass is 198 g/mol. The molecule has 3 heteroatoms. The Kier molecular flexibility index (Phi) is 2.67. The van der Waals surface area contributed by atoms with Gasteiger partial charge in [-0.3, -0.25) is 0 Å². The van der Waals surface area contributed by atoms with Crippen LogP contribution in [0.15, 0.2) is 16.8 Å². The molecule has 72 valence electrons. The first kappa shape index (κ1) is 9.19. The Balaban J connectivity index is 2.08. The lowest BCUT2D eigenvalue weighted by molar-refractivity contribution is 0.0433. The van der Waals surface area contributed by atoms with Crippen molar-refractivity contribution in [1.82, 2.24) is 0 Å². The Labute approximate surface area is 82.2 Å². The van der Waals surface area contributed by atoms with Crippen LogP contribution < -0.4 is 0 Å². The standard InChI is InChI=1S/C10H14O2S/c1-7-9(2-4-12-7)10(11)8-3-5-13-6-8/h3,5-7,9-11H,2,4H2,1H3. The average molecular weight is 198 g/mol. The molecule has 0 aliphatic carbocycles. The van der Waals surface area contributed by atoms with Crippen molar-refractivity contribution < 1.29 is 9.84 Å². The zero-order valence-electron chi connectivity index (χ0n) is 7.64. The van der Waals surface area contributed by atoms with Gasteiger partial charge in [-0.05, 0) is 35.7 Å². The molecule has 1 saturated heterocycles. The number of hydrogen-bond acceptors (Lipinski definition) is 3. The molecule has 2 heterocycles. The van der Waals surface area contributed by atoms with Crippen molar-refractivity contribution in [2.45, 2.75) is 25.6 Å². The molecule has 0 saturated carbocycles. The third kappa shape index (κ3) is 1.77. The van der Waals surface area contributed by atoms with Crippen LogP contribution in [0.25, 0.3) is 0 Å². The van der Waals surface area contributed by atoms with E-state index in [1.807, 2.05) is 23.8 Å². The summed E-state index contributed by atoms with van der Waals surface area (Å²) in [6.07, 6.45) is 0.816. The van der Waals surface area contributed by atoms with Crippen LogP contribution in [0.4, 0.5) is 0 Å². The molecular formula is C10H14O2S. The van der Waals surface area contributed by atoms with Crippen molar-refractivity contribution in [2.24, 2.45) is 5.92 Å². The van der Waals surface area contributed by atoms with Gasteiger partial charge >= 0.3 is 0 Å². The van der Waals surface area contributed by atoms with Crippen molar-refractivity contribution >= 4 is 11.3 Å². The first-order valence-electron chi connectivity index (χ1n) is 4.61. The van der Waals surface area contributed by atoms with Gasteiger partial charge in [-0.25, -0.2) is 0 Å². The summed E-state index contributed by atoms with van der Waals surface area (Å²) in [5.74, 6) is 0.273. The fourth-order valence-electron chi connectivity index (χ4n) is 1.85. The van der Waals surface area contributed by atoms with Gasteiger partial charge in [-0.1, -0.05) is 0 Å². The smallest absolute Gasteiger partial charge is 0.0851 e. The first-order valence-corrected chi connectivity index (χ1v) is 5.55. The highest BCUT2D eigenvalue weighted by molar-refractivity contribution is 7.07. The van der Waals surface area contributed by atoms with Crippen molar-refractivity contribution in [3.8, 4) is 0 Å². The third-order valence-corrected chi connectivity index (χ3v) is 3.43. The minimum absolute atomic E-state index is 0.190. The van der Waals surface area contributed by atoms with Crippen LogP contribution >= 0.6 is 11.3 Å². The summed E-state index contributed by atoms with van der Waals surface area (Å²) in [6.45, 7) is 2.82. The molecule has 1 fully saturated rings. The molecular weight excluding hydrogens is 184 g/mol. The summed E-state index contributed by atoms with van der Waals surface area (Å²) in [5.41, 5.74) is 1.03. The van der Waals surface area contributed by atoms with E-state index in [1.54, 1.807) is 11.3 Å². The molecule has 13 heavy (non-hydrogen) atoms. The molecule has 0 bridgehead atoms. The summed E-state index contributed by atoms with van der Waals surface area (Å²) in [5, 5.41) is 14.0. The van der Waals surface area contributed by atoms with Gasteiger partial charge in [-0.15, -0.1) is 0 Å². The molecule has 1 N–H and O–H groups in total.